The molecule has 0 bridgehead atoms. The Bertz CT molecular complexity index is 231. The minimum absolute atomic E-state index is 0.494. The zero-order valence-corrected chi connectivity index (χ0v) is 15.4. The smallest absolute Gasteiger partial charge is 0.0938 e. The first-order valence-corrected chi connectivity index (χ1v) is 15.3. The summed E-state index contributed by atoms with van der Waals surface area (Å²) in [5.74, 6) is 0.836. The number of hydrogen-bond acceptors (Lipinski definition) is 1. The molecular formula is C11H26ClOPSi2. The minimum Gasteiger partial charge on any atom is -0.501 e. The molecule has 1 atom stereocenters. The van der Waals surface area contributed by atoms with Crippen LogP contribution in [0.1, 0.15) is 0 Å². The van der Waals surface area contributed by atoms with Crippen molar-refractivity contribution in [2.75, 3.05) is 13.3 Å². The van der Waals surface area contributed by atoms with Crippen LogP contribution >= 0.6 is 18.5 Å². The molecule has 0 spiro atoms. The first kappa shape index (κ1) is 16.7. The van der Waals surface area contributed by atoms with E-state index in [2.05, 4.69) is 45.9 Å². The van der Waals surface area contributed by atoms with Crippen molar-refractivity contribution in [3.63, 3.8) is 0 Å². The van der Waals surface area contributed by atoms with Crippen LogP contribution in [0.5, 0.6) is 0 Å². The van der Waals surface area contributed by atoms with Gasteiger partial charge in [-0.15, -0.1) is 0 Å². The third kappa shape index (κ3) is 5.35. The van der Waals surface area contributed by atoms with Gasteiger partial charge in [-0.25, -0.2) is 0 Å². The Labute approximate surface area is 109 Å². The third-order valence-corrected chi connectivity index (χ3v) is 20.7. The summed E-state index contributed by atoms with van der Waals surface area (Å²) < 4.78 is 5.16. The summed E-state index contributed by atoms with van der Waals surface area (Å²) in [5, 5.41) is 0. The highest BCUT2D eigenvalue weighted by molar-refractivity contribution is 7.88. The van der Waals surface area contributed by atoms with Crippen LogP contribution in [-0.4, -0.2) is 34.3 Å². The van der Waals surface area contributed by atoms with E-state index in [0.29, 0.717) is 0 Å². The Morgan fingerprint density at radius 2 is 1.56 bits per heavy atom. The quantitative estimate of drug-likeness (QED) is 0.384. The molecule has 0 aromatic heterocycles. The topological polar surface area (TPSA) is 9.23 Å². The lowest BCUT2D eigenvalue weighted by molar-refractivity contribution is 0.297. The molecule has 1 unspecified atom stereocenters. The maximum Gasteiger partial charge on any atom is 0.0938 e. The van der Waals surface area contributed by atoms with Gasteiger partial charge < -0.3 is 4.74 Å². The van der Waals surface area contributed by atoms with E-state index in [0.717, 1.165) is 16.8 Å². The molecule has 0 amide bonds. The highest BCUT2D eigenvalue weighted by Crippen LogP contribution is 2.54. The summed E-state index contributed by atoms with van der Waals surface area (Å²) in [6, 6.07) is 0. The largest absolute Gasteiger partial charge is 0.501 e. The zero-order valence-electron chi connectivity index (χ0n) is 11.7. The van der Waals surface area contributed by atoms with Crippen LogP contribution in [-0.2, 0) is 4.74 Å². The Hall–Kier alpha value is 0.694. The van der Waals surface area contributed by atoms with E-state index >= 15 is 0 Å². The van der Waals surface area contributed by atoms with Crippen LogP contribution in [0.3, 0.4) is 0 Å². The molecule has 5 heteroatoms. The van der Waals surface area contributed by atoms with E-state index < -0.39 is 23.4 Å². The Balaban J connectivity index is 4.86. The molecule has 0 rings (SSSR count). The first-order valence-electron chi connectivity index (χ1n) is 5.64. The van der Waals surface area contributed by atoms with E-state index in [1.807, 2.05) is 0 Å². The van der Waals surface area contributed by atoms with E-state index in [1.54, 1.807) is 7.11 Å². The van der Waals surface area contributed by atoms with Gasteiger partial charge in [0.1, 0.15) is 0 Å². The fourth-order valence-electron chi connectivity index (χ4n) is 2.46. The van der Waals surface area contributed by atoms with Crippen molar-refractivity contribution >= 4 is 34.7 Å². The third-order valence-electron chi connectivity index (χ3n) is 2.54. The lowest BCUT2D eigenvalue weighted by Gasteiger charge is -2.41. The molecule has 0 aromatic carbocycles. The normalized spacial score (nSPS) is 15.1. The molecule has 16 heavy (non-hydrogen) atoms. The highest BCUT2D eigenvalue weighted by Gasteiger charge is 2.42. The average Bonchev–Trinajstić information content (AvgIpc) is 1.97. The van der Waals surface area contributed by atoms with E-state index in [1.165, 1.54) is 0 Å². The second-order valence-corrected chi connectivity index (χ2v) is 21.5. The molecule has 1 nitrogen and oxygen atoms in total. The molecule has 0 aliphatic carbocycles. The van der Waals surface area contributed by atoms with Gasteiger partial charge in [0.25, 0.3) is 0 Å². The lowest BCUT2D eigenvalue weighted by atomic mass is 10.7. The van der Waals surface area contributed by atoms with Crippen molar-refractivity contribution in [3.8, 4) is 0 Å². The molecule has 96 valence electrons. The number of allylic oxidation sites excluding steroid dienone is 1. The second-order valence-electron chi connectivity index (χ2n) is 6.44. The van der Waals surface area contributed by atoms with Gasteiger partial charge in [0.05, 0.1) is 29.0 Å². The average molecular weight is 297 g/mol. The van der Waals surface area contributed by atoms with Gasteiger partial charge in [-0.05, 0) is 12.2 Å². The predicted octanol–water partition coefficient (Wildman–Crippen LogP) is 4.91. The number of hydrogen-bond donors (Lipinski definition) is 0. The Morgan fingerprint density at radius 3 is 1.81 bits per heavy atom. The summed E-state index contributed by atoms with van der Waals surface area (Å²) >= 11 is 6.68. The number of rotatable bonds is 6. The lowest BCUT2D eigenvalue weighted by Crippen LogP contribution is -2.52. The summed E-state index contributed by atoms with van der Waals surface area (Å²) in [7, 11) is -1.22. The Morgan fingerprint density at radius 1 is 1.19 bits per heavy atom. The highest BCUT2D eigenvalue weighted by atomic mass is 35.7. The standard InChI is InChI=1S/C11H26ClOPSi2/c1-10(13-2)9-14(12)11(15(3,4)5)16(6,7)8/h11H,1,9H2,2-8H3. The summed E-state index contributed by atoms with van der Waals surface area (Å²) in [5.41, 5.74) is 0. The second kappa shape index (κ2) is 6.04. The van der Waals surface area contributed by atoms with Crippen LogP contribution in [0.4, 0.5) is 0 Å². The van der Waals surface area contributed by atoms with Crippen LogP contribution < -0.4 is 0 Å². The summed E-state index contributed by atoms with van der Waals surface area (Å²) in [6.07, 6.45) is 0.854. The first-order chi connectivity index (χ1) is 7.00. The van der Waals surface area contributed by atoms with Gasteiger partial charge in [0.15, 0.2) is 0 Å². The van der Waals surface area contributed by atoms with Crippen molar-refractivity contribution in [3.05, 3.63) is 12.3 Å². The minimum atomic E-state index is -1.20. The molecule has 0 aromatic rings. The number of methoxy groups -OCH3 is 1. The molecule has 0 fully saturated rings. The van der Waals surface area contributed by atoms with Gasteiger partial charge >= 0.3 is 0 Å². The summed E-state index contributed by atoms with van der Waals surface area (Å²) in [6.45, 7) is 18.5. The van der Waals surface area contributed by atoms with Crippen molar-refractivity contribution in [2.24, 2.45) is 0 Å². The maximum absolute atomic E-state index is 6.68. The van der Waals surface area contributed by atoms with Crippen molar-refractivity contribution in [2.45, 2.75) is 44.2 Å². The Kier molecular flexibility index (Phi) is 6.30. The van der Waals surface area contributed by atoms with Gasteiger partial charge in [-0.2, -0.15) is 0 Å². The molecule has 0 N–H and O–H groups in total. The van der Waals surface area contributed by atoms with Crippen molar-refractivity contribution in [1.82, 2.24) is 0 Å². The zero-order chi connectivity index (χ0) is 13.1. The SMILES string of the molecule is C=C(CP(Cl)C([Si](C)(C)C)[Si](C)(C)C)OC. The fraction of sp³-hybridized carbons (Fsp3) is 0.818. The van der Waals surface area contributed by atoms with Crippen LogP contribution in [0.2, 0.25) is 39.3 Å². The van der Waals surface area contributed by atoms with Crippen LogP contribution in [0.25, 0.3) is 0 Å². The molecule has 0 aliphatic heterocycles. The van der Waals surface area contributed by atoms with E-state index in [9.17, 15) is 0 Å². The monoisotopic (exact) mass is 296 g/mol. The van der Waals surface area contributed by atoms with Crippen LogP contribution in [0.15, 0.2) is 12.3 Å². The van der Waals surface area contributed by atoms with Gasteiger partial charge in [-0.1, -0.05) is 57.1 Å². The molecule has 0 saturated heterocycles. The molecular weight excluding hydrogens is 271 g/mol. The van der Waals surface area contributed by atoms with Gasteiger partial charge in [0, 0.05) is 6.16 Å². The molecule has 0 radical (unpaired) electrons. The van der Waals surface area contributed by atoms with Crippen molar-refractivity contribution in [1.29, 1.82) is 0 Å². The van der Waals surface area contributed by atoms with Crippen LogP contribution in [0, 0.1) is 0 Å². The van der Waals surface area contributed by atoms with E-state index in [4.69, 9.17) is 16.0 Å². The predicted molar refractivity (Wildman–Crippen MR) is 84.3 cm³/mol. The van der Waals surface area contributed by atoms with Crippen molar-refractivity contribution < 1.29 is 4.74 Å². The molecule has 0 heterocycles. The van der Waals surface area contributed by atoms with Gasteiger partial charge in [0.2, 0.25) is 0 Å². The fourth-order valence-corrected chi connectivity index (χ4v) is 26.4. The van der Waals surface area contributed by atoms with Gasteiger partial charge in [-0.3, -0.25) is 0 Å². The molecule has 0 aliphatic rings. The summed E-state index contributed by atoms with van der Waals surface area (Å²) in [4.78, 5) is 0.753. The van der Waals surface area contributed by atoms with E-state index in [-0.39, 0.29) is 0 Å². The maximum atomic E-state index is 6.68. The number of ether oxygens (including phenoxy) is 1. The number of halogens is 1. The molecule has 0 saturated carbocycles.